The van der Waals surface area contributed by atoms with Gasteiger partial charge in [-0.1, -0.05) is 15.5 Å². The molecule has 3 fully saturated rings. The summed E-state index contributed by atoms with van der Waals surface area (Å²) < 4.78 is 0. The minimum Gasteiger partial charge on any atom is -0.345 e. The SMILES string of the molecule is C1=NCCN1C1(c2ncc[nH]2)C(N2CCCC2)N(N2CCN=N2)N(c2cn[nH]n2)N1N1CCNC1. The largest absolute Gasteiger partial charge is 0.345 e. The zero-order chi connectivity index (χ0) is 23.2. The molecule has 0 saturated carbocycles. The third-order valence-electron chi connectivity index (χ3n) is 7.24. The fourth-order valence-electron chi connectivity index (χ4n) is 5.86. The van der Waals surface area contributed by atoms with Gasteiger partial charge in [-0.2, -0.15) is 25.7 Å². The Morgan fingerprint density at radius 3 is 2.66 bits per heavy atom. The van der Waals surface area contributed by atoms with Gasteiger partial charge in [0.25, 0.3) is 0 Å². The highest BCUT2D eigenvalue weighted by Gasteiger charge is 2.69. The summed E-state index contributed by atoms with van der Waals surface area (Å²) in [5, 5.41) is 34.7. The van der Waals surface area contributed by atoms with Gasteiger partial charge in [-0.3, -0.25) is 9.89 Å². The summed E-state index contributed by atoms with van der Waals surface area (Å²) in [6, 6.07) is 0. The van der Waals surface area contributed by atoms with Gasteiger partial charge in [-0.05, 0) is 25.9 Å². The first-order valence-electron chi connectivity index (χ1n) is 12.3. The van der Waals surface area contributed by atoms with Crippen LogP contribution in [0, 0.1) is 0 Å². The van der Waals surface area contributed by atoms with E-state index in [2.05, 4.69) is 71.2 Å². The van der Waals surface area contributed by atoms with E-state index in [-0.39, 0.29) is 6.17 Å². The van der Waals surface area contributed by atoms with Crippen molar-refractivity contribution in [3.05, 3.63) is 24.4 Å². The molecule has 0 aliphatic carbocycles. The van der Waals surface area contributed by atoms with Crippen LogP contribution >= 0.6 is 0 Å². The highest BCUT2D eigenvalue weighted by molar-refractivity contribution is 5.60. The normalized spacial score (nSPS) is 30.7. The summed E-state index contributed by atoms with van der Waals surface area (Å²) in [5.74, 6) is 1.49. The van der Waals surface area contributed by atoms with Crippen LogP contribution in [0.15, 0.2) is 33.9 Å². The lowest BCUT2D eigenvalue weighted by molar-refractivity contribution is -0.158. The van der Waals surface area contributed by atoms with Gasteiger partial charge in [0.05, 0.1) is 38.8 Å². The van der Waals surface area contributed by atoms with Crippen LogP contribution in [-0.4, -0.2) is 127 Å². The third-order valence-corrected chi connectivity index (χ3v) is 7.24. The van der Waals surface area contributed by atoms with Gasteiger partial charge >= 0.3 is 0 Å². The fraction of sp³-hybridized carbons (Fsp3) is 0.684. The lowest BCUT2D eigenvalue weighted by Crippen LogP contribution is -2.68. The molecule has 0 amide bonds. The number of hydrogen-bond acceptors (Lipinski definition) is 14. The molecule has 0 radical (unpaired) electrons. The van der Waals surface area contributed by atoms with E-state index in [0.717, 1.165) is 57.9 Å². The lowest BCUT2D eigenvalue weighted by Gasteiger charge is -2.49. The van der Waals surface area contributed by atoms with E-state index in [9.17, 15) is 0 Å². The topological polar surface area (TPSA) is 142 Å². The smallest absolute Gasteiger partial charge is 0.220 e. The molecule has 3 N–H and O–H groups in total. The van der Waals surface area contributed by atoms with Gasteiger partial charge in [0.15, 0.2) is 12.0 Å². The van der Waals surface area contributed by atoms with Crippen LogP contribution in [0.2, 0.25) is 0 Å². The summed E-state index contributed by atoms with van der Waals surface area (Å²) in [6.45, 7) is 7.14. The monoisotopic (exact) mass is 482 g/mol. The van der Waals surface area contributed by atoms with Crippen molar-refractivity contribution in [2.45, 2.75) is 24.7 Å². The quantitative estimate of drug-likeness (QED) is 0.456. The minimum absolute atomic E-state index is 0.199. The second kappa shape index (κ2) is 8.49. The summed E-state index contributed by atoms with van der Waals surface area (Å²) in [4.78, 5) is 17.9. The first kappa shape index (κ1) is 21.1. The Kier molecular flexibility index (Phi) is 5.13. The predicted octanol–water partition coefficient (Wildman–Crippen LogP) is -1.22. The molecule has 2 aromatic heterocycles. The van der Waals surface area contributed by atoms with Crippen LogP contribution in [0.4, 0.5) is 5.82 Å². The maximum atomic E-state index is 4.89. The number of hydrazine groups is 4. The van der Waals surface area contributed by atoms with E-state index in [1.165, 1.54) is 0 Å². The number of aliphatic imine (C=N–C) groups is 1. The zero-order valence-corrected chi connectivity index (χ0v) is 19.5. The van der Waals surface area contributed by atoms with Crippen molar-refractivity contribution < 1.29 is 0 Å². The number of aromatic nitrogens is 5. The molecule has 0 spiro atoms. The molecule has 7 heterocycles. The van der Waals surface area contributed by atoms with Crippen LogP contribution in [-0.2, 0) is 5.66 Å². The molecule has 186 valence electrons. The molecule has 0 aromatic carbocycles. The standard InChI is InChI=1S/C19H30N16/c1-2-9-29(8-1)18-19(17-22-3-4-23-17,30-10-5-20-14-30)35(31-11-6-21-15-31)33(16-13-25-27-26-16)34(18)32-12-7-24-28-32/h3-4,13-14,18,21H,1-2,5-12,15H2,(H,22,23)(H,25,26,27). The molecule has 5 aliphatic heterocycles. The van der Waals surface area contributed by atoms with Gasteiger partial charge < -0.3 is 15.2 Å². The van der Waals surface area contributed by atoms with Gasteiger partial charge in [-0.25, -0.2) is 9.99 Å². The van der Waals surface area contributed by atoms with Crippen LogP contribution < -0.4 is 10.4 Å². The van der Waals surface area contributed by atoms with E-state index in [4.69, 9.17) is 4.98 Å². The van der Waals surface area contributed by atoms with Crippen LogP contribution in [0.25, 0.3) is 0 Å². The molecule has 16 heteroatoms. The summed E-state index contributed by atoms with van der Waals surface area (Å²) in [6.07, 6.45) is 9.52. The van der Waals surface area contributed by atoms with Crippen molar-refractivity contribution in [2.75, 3.05) is 64.1 Å². The number of H-pyrrole nitrogens is 2. The third kappa shape index (κ3) is 3.10. The van der Waals surface area contributed by atoms with Gasteiger partial charge in [0.1, 0.15) is 0 Å². The number of anilines is 1. The van der Waals surface area contributed by atoms with E-state index in [1.807, 2.05) is 23.9 Å². The average molecular weight is 483 g/mol. The Balaban J connectivity index is 1.51. The number of aromatic amines is 2. The molecule has 2 unspecified atom stereocenters. The van der Waals surface area contributed by atoms with E-state index >= 15 is 0 Å². The Hall–Kier alpha value is -3.18. The number of imidazole rings is 1. The number of hydrogen-bond donors (Lipinski definition) is 3. The van der Waals surface area contributed by atoms with Gasteiger partial charge in [-0.15, -0.1) is 5.10 Å². The predicted molar refractivity (Wildman–Crippen MR) is 123 cm³/mol. The summed E-state index contributed by atoms with van der Waals surface area (Å²) >= 11 is 0. The first-order valence-corrected chi connectivity index (χ1v) is 12.3. The fourth-order valence-corrected chi connectivity index (χ4v) is 5.86. The molecule has 5 aliphatic rings. The highest BCUT2D eigenvalue weighted by atomic mass is 16.2. The van der Waals surface area contributed by atoms with Gasteiger partial charge in [0, 0.05) is 32.0 Å². The second-order valence-electron chi connectivity index (χ2n) is 9.16. The molecule has 3 saturated heterocycles. The van der Waals surface area contributed by atoms with Crippen LogP contribution in [0.3, 0.4) is 0 Å². The first-order chi connectivity index (χ1) is 17.4. The maximum absolute atomic E-state index is 4.89. The zero-order valence-electron chi connectivity index (χ0n) is 19.5. The van der Waals surface area contributed by atoms with E-state index in [1.54, 1.807) is 6.20 Å². The number of nitrogens with zero attached hydrogens (tertiary/aromatic N) is 13. The molecule has 2 aromatic rings. The average Bonchev–Trinajstić information content (AvgIpc) is 3.71. The van der Waals surface area contributed by atoms with Crippen molar-refractivity contribution in [1.29, 1.82) is 0 Å². The van der Waals surface area contributed by atoms with Gasteiger partial charge in [0.2, 0.25) is 11.5 Å². The van der Waals surface area contributed by atoms with Crippen molar-refractivity contribution in [3.63, 3.8) is 0 Å². The van der Waals surface area contributed by atoms with Crippen LogP contribution in [0.5, 0.6) is 0 Å². The highest BCUT2D eigenvalue weighted by Crippen LogP contribution is 2.49. The molecule has 0 bridgehead atoms. The molecule has 2 atom stereocenters. The number of rotatable bonds is 6. The van der Waals surface area contributed by atoms with E-state index in [0.29, 0.717) is 25.6 Å². The van der Waals surface area contributed by atoms with Crippen molar-refractivity contribution in [1.82, 2.24) is 60.9 Å². The molecule has 35 heavy (non-hydrogen) atoms. The summed E-state index contributed by atoms with van der Waals surface area (Å²) in [5.41, 5.74) is -0.781. The Labute approximate surface area is 202 Å². The summed E-state index contributed by atoms with van der Waals surface area (Å²) in [7, 11) is 0. The Morgan fingerprint density at radius 2 is 2.00 bits per heavy atom. The molecular formula is C19H30N16. The molecule has 16 nitrogen and oxygen atoms in total. The number of nitrogens with one attached hydrogen (secondary N) is 3. The van der Waals surface area contributed by atoms with Crippen LogP contribution in [0.1, 0.15) is 18.7 Å². The Morgan fingerprint density at radius 1 is 1.06 bits per heavy atom. The maximum Gasteiger partial charge on any atom is 0.220 e. The van der Waals surface area contributed by atoms with E-state index < -0.39 is 5.66 Å². The molecular weight excluding hydrogens is 452 g/mol. The minimum atomic E-state index is -0.781. The number of likely N-dealkylation sites (tertiary alicyclic amines) is 1. The molecule has 7 rings (SSSR count). The van der Waals surface area contributed by atoms with Crippen molar-refractivity contribution >= 4 is 12.2 Å². The van der Waals surface area contributed by atoms with Crippen molar-refractivity contribution in [2.24, 2.45) is 15.3 Å². The lowest BCUT2D eigenvalue weighted by atomic mass is 10.0. The second-order valence-corrected chi connectivity index (χ2v) is 9.16. The van der Waals surface area contributed by atoms with Crippen molar-refractivity contribution in [3.8, 4) is 0 Å². The Bertz CT molecular complexity index is 1040.